The Balaban J connectivity index is 1.28. The number of hydrogen-bond donors (Lipinski definition) is 4. The Morgan fingerprint density at radius 2 is 1.44 bits per heavy atom. The summed E-state index contributed by atoms with van der Waals surface area (Å²) >= 11 is 0. The van der Waals surface area contributed by atoms with Gasteiger partial charge >= 0.3 is 0 Å². The molecule has 10 heteroatoms. The van der Waals surface area contributed by atoms with Gasteiger partial charge in [0.05, 0.1) is 11.3 Å². The van der Waals surface area contributed by atoms with Gasteiger partial charge in [0, 0.05) is 38.3 Å². The van der Waals surface area contributed by atoms with Gasteiger partial charge in [0.15, 0.2) is 5.75 Å². The molecule has 1 aromatic heterocycles. The van der Waals surface area contributed by atoms with Crippen LogP contribution in [0.25, 0.3) is 43.4 Å². The Kier molecular flexibility index (Phi) is 6.15. The Morgan fingerprint density at radius 1 is 0.698 bits per heavy atom. The Hall–Kier alpha value is -5.58. The number of nitrogens with zero attached hydrogens (tertiary/aromatic N) is 2. The van der Waals surface area contributed by atoms with Crippen molar-refractivity contribution in [1.29, 1.82) is 0 Å². The molecule has 0 spiro atoms. The lowest BCUT2D eigenvalue weighted by Gasteiger charge is -2.11. The maximum absolute atomic E-state index is 13.5. The second kappa shape index (κ2) is 10.1. The lowest BCUT2D eigenvalue weighted by Crippen LogP contribution is -2.12. The fourth-order valence-electron chi connectivity index (χ4n) is 5.34. The fraction of sp³-hybridized carbons (Fsp3) is 0. The molecule has 7 rings (SSSR count). The van der Waals surface area contributed by atoms with Crippen LogP contribution in [-0.2, 0) is 10.1 Å². The third kappa shape index (κ3) is 4.74. The van der Waals surface area contributed by atoms with Crippen LogP contribution >= 0.6 is 0 Å². The number of phenolic OH excluding ortho intramolecular Hbond substituents is 1. The molecule has 4 N–H and O–H groups in total. The van der Waals surface area contributed by atoms with E-state index in [2.05, 4.69) is 20.5 Å². The number of hydrogen-bond acceptors (Lipinski definition) is 6. The number of phenols is 1. The van der Waals surface area contributed by atoms with Gasteiger partial charge in [-0.3, -0.25) is 9.35 Å². The molecule has 0 aliphatic heterocycles. The van der Waals surface area contributed by atoms with Crippen molar-refractivity contribution >= 4 is 76.4 Å². The number of carbonyl (C=O) groups is 1. The first-order chi connectivity index (χ1) is 20.8. The lowest BCUT2D eigenvalue weighted by molar-refractivity contribution is 0.102. The Morgan fingerprint density at radius 3 is 2.28 bits per heavy atom. The zero-order valence-electron chi connectivity index (χ0n) is 22.3. The first-order valence-electron chi connectivity index (χ1n) is 13.2. The maximum atomic E-state index is 13.5. The largest absolute Gasteiger partial charge is 0.505 e. The minimum Gasteiger partial charge on any atom is -0.505 e. The van der Waals surface area contributed by atoms with Gasteiger partial charge in [-0.1, -0.05) is 60.7 Å². The van der Waals surface area contributed by atoms with E-state index >= 15 is 0 Å². The van der Waals surface area contributed by atoms with E-state index in [0.717, 1.165) is 21.8 Å². The number of nitrogens with one attached hydrogen (secondary N) is 2. The first kappa shape index (κ1) is 26.3. The summed E-state index contributed by atoms with van der Waals surface area (Å²) in [7, 11) is -4.47. The van der Waals surface area contributed by atoms with Gasteiger partial charge < -0.3 is 15.4 Å². The normalized spacial score (nSPS) is 12.1. The van der Waals surface area contributed by atoms with Crippen molar-refractivity contribution in [2.75, 3.05) is 5.32 Å². The Bertz CT molecular complexity index is 2400. The standard InChI is InChI=1S/C33H22N4O5S/c38-32-27(33(39)34-21-14-15-29-26(17-21)24-9-3-4-10-28(24)35-29)16-20-6-1-2-8-23(20)31(32)37-36-22-13-12-19-7-5-11-30(25(19)18-22)43(40,41)42/h1-18,35,38H,(H,34,39)(H,40,41,42). The van der Waals surface area contributed by atoms with Crippen LogP contribution in [0.15, 0.2) is 124 Å². The smallest absolute Gasteiger partial charge is 0.295 e. The van der Waals surface area contributed by atoms with Gasteiger partial charge in [-0.2, -0.15) is 13.5 Å². The topological polar surface area (TPSA) is 144 Å². The third-order valence-corrected chi connectivity index (χ3v) is 8.28. The average Bonchev–Trinajstić information content (AvgIpc) is 3.37. The number of anilines is 1. The molecular weight excluding hydrogens is 564 g/mol. The van der Waals surface area contributed by atoms with E-state index in [1.54, 1.807) is 48.5 Å². The van der Waals surface area contributed by atoms with Gasteiger partial charge in [0.2, 0.25) is 0 Å². The molecular formula is C33H22N4O5S. The summed E-state index contributed by atoms with van der Waals surface area (Å²) in [5.74, 6) is -0.880. The van der Waals surface area contributed by atoms with E-state index in [4.69, 9.17) is 0 Å². The summed E-state index contributed by atoms with van der Waals surface area (Å²) in [4.78, 5) is 16.6. The van der Waals surface area contributed by atoms with Crippen molar-refractivity contribution < 1.29 is 22.9 Å². The number of aromatic nitrogens is 1. The molecule has 0 saturated carbocycles. The third-order valence-electron chi connectivity index (χ3n) is 7.37. The number of H-pyrrole nitrogens is 1. The molecule has 0 saturated heterocycles. The van der Waals surface area contributed by atoms with Gasteiger partial charge in [-0.15, -0.1) is 5.11 Å². The molecule has 1 heterocycles. The van der Waals surface area contributed by atoms with E-state index in [1.807, 2.05) is 42.5 Å². The average molecular weight is 587 g/mol. The number of aromatic amines is 1. The molecule has 9 nitrogen and oxygen atoms in total. The Labute approximate surface area is 244 Å². The number of carbonyl (C=O) groups excluding carboxylic acids is 1. The van der Waals surface area contributed by atoms with Crippen LogP contribution in [0.2, 0.25) is 0 Å². The van der Waals surface area contributed by atoms with Crippen molar-refractivity contribution in [1.82, 2.24) is 4.98 Å². The van der Waals surface area contributed by atoms with Gasteiger partial charge in [-0.05, 0) is 59.3 Å². The summed E-state index contributed by atoms with van der Waals surface area (Å²) in [5, 5.41) is 26.8. The molecule has 0 atom stereocenters. The molecule has 0 unspecified atom stereocenters. The number of benzene rings is 6. The molecule has 0 aliphatic carbocycles. The number of azo groups is 1. The molecule has 1 amide bonds. The molecule has 0 fully saturated rings. The predicted octanol–water partition coefficient (Wildman–Crippen LogP) is 8.25. The zero-order chi connectivity index (χ0) is 29.7. The second-order valence-electron chi connectivity index (χ2n) is 10.1. The molecule has 6 aromatic carbocycles. The van der Waals surface area contributed by atoms with Crippen LogP contribution in [0.5, 0.6) is 5.75 Å². The molecule has 0 aliphatic rings. The summed E-state index contributed by atoms with van der Waals surface area (Å²) < 4.78 is 33.5. The monoisotopic (exact) mass is 586 g/mol. The number of rotatable bonds is 5. The molecule has 210 valence electrons. The molecule has 7 aromatic rings. The van der Waals surface area contributed by atoms with Crippen molar-refractivity contribution in [2.24, 2.45) is 10.2 Å². The fourth-order valence-corrected chi connectivity index (χ4v) is 6.05. The second-order valence-corrected chi connectivity index (χ2v) is 11.5. The van der Waals surface area contributed by atoms with Crippen molar-refractivity contribution in [3.8, 4) is 5.75 Å². The maximum Gasteiger partial charge on any atom is 0.295 e. The number of fused-ring (bicyclic) bond motifs is 5. The van der Waals surface area contributed by atoms with Gasteiger partial charge in [-0.25, -0.2) is 0 Å². The van der Waals surface area contributed by atoms with Crippen LogP contribution in [0, 0.1) is 0 Å². The van der Waals surface area contributed by atoms with Gasteiger partial charge in [0.25, 0.3) is 16.0 Å². The zero-order valence-corrected chi connectivity index (χ0v) is 23.1. The minimum atomic E-state index is -4.47. The summed E-state index contributed by atoms with van der Waals surface area (Å²) in [5.41, 5.74) is 2.87. The summed E-state index contributed by atoms with van der Waals surface area (Å²) in [6.07, 6.45) is 0. The van der Waals surface area contributed by atoms with E-state index in [1.165, 1.54) is 18.2 Å². The van der Waals surface area contributed by atoms with Crippen molar-refractivity contribution in [2.45, 2.75) is 4.90 Å². The minimum absolute atomic E-state index is 0.0128. The quantitative estimate of drug-likeness (QED) is 0.119. The highest BCUT2D eigenvalue weighted by Gasteiger charge is 2.19. The summed E-state index contributed by atoms with van der Waals surface area (Å²) in [6, 6.07) is 31.5. The molecule has 0 bridgehead atoms. The lowest BCUT2D eigenvalue weighted by atomic mass is 10.0. The van der Waals surface area contributed by atoms with Crippen molar-refractivity contribution in [3.05, 3.63) is 115 Å². The highest BCUT2D eigenvalue weighted by atomic mass is 32.2. The van der Waals surface area contributed by atoms with Crippen LogP contribution in [-0.4, -0.2) is 29.0 Å². The first-order valence-corrected chi connectivity index (χ1v) is 14.7. The SMILES string of the molecule is O=C(Nc1ccc2[nH]c3ccccc3c2c1)c1cc2ccccc2c(N=Nc2ccc3cccc(S(=O)(=O)O)c3c2)c1O. The van der Waals surface area contributed by atoms with Crippen molar-refractivity contribution in [3.63, 3.8) is 0 Å². The van der Waals surface area contributed by atoms with Crippen LogP contribution in [0.4, 0.5) is 17.1 Å². The summed E-state index contributed by atoms with van der Waals surface area (Å²) in [6.45, 7) is 0. The van der Waals surface area contributed by atoms with Gasteiger partial charge in [0.1, 0.15) is 10.6 Å². The molecule has 43 heavy (non-hydrogen) atoms. The van der Waals surface area contributed by atoms with E-state index < -0.39 is 16.0 Å². The van der Waals surface area contributed by atoms with E-state index in [-0.39, 0.29) is 33.0 Å². The molecule has 0 radical (unpaired) electrons. The predicted molar refractivity (Wildman–Crippen MR) is 167 cm³/mol. The van der Waals surface area contributed by atoms with Crippen LogP contribution in [0.1, 0.15) is 10.4 Å². The van der Waals surface area contributed by atoms with Crippen LogP contribution in [0.3, 0.4) is 0 Å². The van der Waals surface area contributed by atoms with E-state index in [9.17, 15) is 22.9 Å². The number of para-hydroxylation sites is 1. The highest BCUT2D eigenvalue weighted by Crippen LogP contribution is 2.40. The number of amides is 1. The van der Waals surface area contributed by atoms with Crippen LogP contribution < -0.4 is 5.32 Å². The van der Waals surface area contributed by atoms with E-state index in [0.29, 0.717) is 21.8 Å². The highest BCUT2D eigenvalue weighted by molar-refractivity contribution is 7.86. The number of aromatic hydroxyl groups is 1.